The van der Waals surface area contributed by atoms with Crippen molar-refractivity contribution < 1.29 is 4.79 Å². The Balaban J connectivity index is 1.59. The van der Waals surface area contributed by atoms with E-state index in [9.17, 15) is 9.59 Å². The molecule has 3 atom stereocenters. The van der Waals surface area contributed by atoms with Crippen molar-refractivity contribution in [2.24, 2.45) is 5.92 Å². The summed E-state index contributed by atoms with van der Waals surface area (Å²) < 4.78 is 1.91. The van der Waals surface area contributed by atoms with E-state index in [1.54, 1.807) is 6.07 Å². The number of pyridine rings is 1. The Morgan fingerprint density at radius 3 is 2.64 bits per heavy atom. The van der Waals surface area contributed by atoms with Gasteiger partial charge in [0.15, 0.2) is 0 Å². The first-order valence-corrected chi connectivity index (χ1v) is 9.21. The summed E-state index contributed by atoms with van der Waals surface area (Å²) in [6.45, 7) is 4.30. The fourth-order valence-electron chi connectivity index (χ4n) is 4.54. The van der Waals surface area contributed by atoms with Crippen molar-refractivity contribution in [3.8, 4) is 0 Å². The molecule has 4 rings (SSSR count). The molecule has 2 aliphatic rings. The summed E-state index contributed by atoms with van der Waals surface area (Å²) in [5.74, 6) is 0.815. The van der Waals surface area contributed by atoms with E-state index in [1.807, 2.05) is 51.9 Å². The molecule has 1 aromatic carbocycles. The lowest BCUT2D eigenvalue weighted by Crippen LogP contribution is -2.50. The average molecular weight is 336 g/mol. The lowest BCUT2D eigenvalue weighted by molar-refractivity contribution is -0.135. The molecule has 25 heavy (non-hydrogen) atoms. The summed E-state index contributed by atoms with van der Waals surface area (Å²) >= 11 is 0. The molecular formula is C21H24N2O2. The highest BCUT2D eigenvalue weighted by Gasteiger charge is 2.37. The van der Waals surface area contributed by atoms with Gasteiger partial charge < -0.3 is 9.47 Å². The zero-order valence-corrected chi connectivity index (χ0v) is 14.6. The van der Waals surface area contributed by atoms with Crippen LogP contribution in [-0.4, -0.2) is 28.5 Å². The maximum Gasteiger partial charge on any atom is 0.250 e. The summed E-state index contributed by atoms with van der Waals surface area (Å²) in [6, 6.07) is 15.6. The Morgan fingerprint density at radius 1 is 1.08 bits per heavy atom. The number of likely N-dealkylation sites (tertiary alicyclic amines) is 1. The van der Waals surface area contributed by atoms with Crippen LogP contribution >= 0.6 is 0 Å². The molecule has 1 aromatic heterocycles. The Bertz CT molecular complexity index is 827. The van der Waals surface area contributed by atoms with Gasteiger partial charge in [-0.3, -0.25) is 9.59 Å². The smallest absolute Gasteiger partial charge is 0.250 e. The van der Waals surface area contributed by atoms with Gasteiger partial charge in [-0.25, -0.2) is 0 Å². The van der Waals surface area contributed by atoms with Gasteiger partial charge in [-0.05, 0) is 30.4 Å². The van der Waals surface area contributed by atoms with Gasteiger partial charge in [0.2, 0.25) is 5.91 Å². The first-order chi connectivity index (χ1) is 12.2. The molecule has 1 saturated heterocycles. The van der Waals surface area contributed by atoms with Crippen LogP contribution in [0.4, 0.5) is 0 Å². The molecule has 2 bridgehead atoms. The highest BCUT2D eigenvalue weighted by molar-refractivity contribution is 5.84. The van der Waals surface area contributed by atoms with Crippen molar-refractivity contribution in [3.63, 3.8) is 0 Å². The number of rotatable bonds is 3. The normalized spacial score (nSPS) is 23.0. The summed E-state index contributed by atoms with van der Waals surface area (Å²) in [4.78, 5) is 27.4. The van der Waals surface area contributed by atoms with E-state index < -0.39 is 0 Å². The van der Waals surface area contributed by atoms with Crippen LogP contribution in [0.3, 0.4) is 0 Å². The highest BCUT2D eigenvalue weighted by atomic mass is 16.2. The Morgan fingerprint density at radius 2 is 1.88 bits per heavy atom. The molecular weight excluding hydrogens is 312 g/mol. The van der Waals surface area contributed by atoms with Crippen molar-refractivity contribution >= 4 is 5.91 Å². The van der Waals surface area contributed by atoms with Crippen molar-refractivity contribution in [2.75, 3.05) is 13.1 Å². The minimum atomic E-state index is -0.0713. The lowest BCUT2D eigenvalue weighted by Gasteiger charge is -2.43. The van der Waals surface area contributed by atoms with Gasteiger partial charge in [0, 0.05) is 37.3 Å². The van der Waals surface area contributed by atoms with Gasteiger partial charge in [0.05, 0.1) is 5.92 Å². The SMILES string of the molecule is CC[C@H](C(=O)N1C[C@H]2C[C@@H](C1)c1cccc(=O)n1C2)c1ccccc1. The second kappa shape index (κ2) is 6.51. The number of amides is 1. The molecule has 3 heterocycles. The second-order valence-corrected chi connectivity index (χ2v) is 7.31. The van der Waals surface area contributed by atoms with E-state index in [2.05, 4.69) is 6.92 Å². The quantitative estimate of drug-likeness (QED) is 0.865. The van der Waals surface area contributed by atoms with Gasteiger partial charge >= 0.3 is 0 Å². The first kappa shape index (κ1) is 16.1. The molecule has 1 amide bonds. The third-order valence-electron chi connectivity index (χ3n) is 5.70. The molecule has 0 radical (unpaired) electrons. The van der Waals surface area contributed by atoms with Crippen molar-refractivity contribution in [1.29, 1.82) is 0 Å². The standard InChI is InChI=1S/C21H24N2O2/c1-2-18(16-7-4-3-5-8-16)21(25)22-12-15-11-17(14-22)19-9-6-10-20(24)23(19)13-15/h3-10,15,17-18H,2,11-14H2,1H3/t15-,17+,18+/m1/s1. The number of fused-ring (bicyclic) bond motifs is 4. The topological polar surface area (TPSA) is 42.3 Å². The third-order valence-corrected chi connectivity index (χ3v) is 5.70. The van der Waals surface area contributed by atoms with Crippen LogP contribution in [-0.2, 0) is 11.3 Å². The molecule has 0 spiro atoms. The van der Waals surface area contributed by atoms with Gasteiger partial charge in [0.1, 0.15) is 0 Å². The van der Waals surface area contributed by atoms with Crippen molar-refractivity contribution in [3.05, 3.63) is 70.1 Å². The zero-order valence-electron chi connectivity index (χ0n) is 14.6. The summed E-state index contributed by atoms with van der Waals surface area (Å²) in [5.41, 5.74) is 2.28. The molecule has 4 nitrogen and oxygen atoms in total. The van der Waals surface area contributed by atoms with Crippen LogP contribution in [0.2, 0.25) is 0 Å². The van der Waals surface area contributed by atoms with Crippen LogP contribution in [0.15, 0.2) is 53.3 Å². The van der Waals surface area contributed by atoms with Crippen LogP contribution in [0.25, 0.3) is 0 Å². The molecule has 4 heteroatoms. The highest BCUT2D eigenvalue weighted by Crippen LogP contribution is 2.36. The molecule has 0 aliphatic carbocycles. The number of benzene rings is 1. The van der Waals surface area contributed by atoms with Crippen molar-refractivity contribution in [2.45, 2.75) is 38.1 Å². The van der Waals surface area contributed by atoms with Crippen LogP contribution < -0.4 is 5.56 Å². The van der Waals surface area contributed by atoms with E-state index in [0.717, 1.165) is 43.7 Å². The Labute approximate surface area is 148 Å². The Hall–Kier alpha value is -2.36. The maximum absolute atomic E-state index is 13.2. The van der Waals surface area contributed by atoms with E-state index >= 15 is 0 Å². The maximum atomic E-state index is 13.2. The number of nitrogens with zero attached hydrogens (tertiary/aromatic N) is 2. The summed E-state index contributed by atoms with van der Waals surface area (Å²) in [6.07, 6.45) is 1.89. The van der Waals surface area contributed by atoms with Crippen molar-refractivity contribution in [1.82, 2.24) is 9.47 Å². The van der Waals surface area contributed by atoms with E-state index in [1.165, 1.54) is 0 Å². The molecule has 2 aliphatic heterocycles. The second-order valence-electron chi connectivity index (χ2n) is 7.31. The molecule has 1 fully saturated rings. The third kappa shape index (κ3) is 2.90. The average Bonchev–Trinajstić information content (AvgIpc) is 2.64. The van der Waals surface area contributed by atoms with E-state index in [-0.39, 0.29) is 23.3 Å². The fraction of sp³-hybridized carbons (Fsp3) is 0.429. The van der Waals surface area contributed by atoms with Gasteiger partial charge in [-0.2, -0.15) is 0 Å². The van der Waals surface area contributed by atoms with Crippen LogP contribution in [0.1, 0.15) is 42.9 Å². The number of carbonyl (C=O) groups excluding carboxylic acids is 1. The number of piperidine rings is 1. The molecule has 2 aromatic rings. The summed E-state index contributed by atoms with van der Waals surface area (Å²) in [5, 5.41) is 0. The first-order valence-electron chi connectivity index (χ1n) is 9.21. The van der Waals surface area contributed by atoms with Crippen LogP contribution in [0.5, 0.6) is 0 Å². The number of hydrogen-bond acceptors (Lipinski definition) is 2. The zero-order chi connectivity index (χ0) is 17.4. The predicted octanol–water partition coefficient (Wildman–Crippen LogP) is 2.99. The molecule has 0 unspecified atom stereocenters. The van der Waals surface area contributed by atoms with Gasteiger partial charge in [-0.15, -0.1) is 0 Å². The largest absolute Gasteiger partial charge is 0.341 e. The van der Waals surface area contributed by atoms with E-state index in [0.29, 0.717) is 5.92 Å². The molecule has 0 saturated carbocycles. The van der Waals surface area contributed by atoms with Gasteiger partial charge in [-0.1, -0.05) is 43.3 Å². The van der Waals surface area contributed by atoms with E-state index in [4.69, 9.17) is 0 Å². The monoisotopic (exact) mass is 336 g/mol. The summed E-state index contributed by atoms with van der Waals surface area (Å²) in [7, 11) is 0. The predicted molar refractivity (Wildman–Crippen MR) is 97.6 cm³/mol. The minimum absolute atomic E-state index is 0.0713. The van der Waals surface area contributed by atoms with Gasteiger partial charge in [0.25, 0.3) is 5.56 Å². The minimum Gasteiger partial charge on any atom is -0.341 e. The number of hydrogen-bond donors (Lipinski definition) is 0. The molecule has 130 valence electrons. The van der Waals surface area contributed by atoms with Crippen LogP contribution in [0, 0.1) is 5.92 Å². The fourth-order valence-corrected chi connectivity index (χ4v) is 4.54. The number of carbonyl (C=O) groups is 1. The molecule has 0 N–H and O–H groups in total. The number of aromatic nitrogens is 1. The lowest BCUT2D eigenvalue weighted by atomic mass is 9.82. The Kier molecular flexibility index (Phi) is 4.20.